The number of ether oxygens (including phenoxy) is 1. The highest BCUT2D eigenvalue weighted by molar-refractivity contribution is 6.53. The third-order valence-electron chi connectivity index (χ3n) is 4.40. The van der Waals surface area contributed by atoms with Crippen LogP contribution in [0.2, 0.25) is 0 Å². The van der Waals surface area contributed by atoms with Gasteiger partial charge in [-0.25, -0.2) is 14.6 Å². The Morgan fingerprint density at radius 2 is 1.84 bits per heavy atom. The predicted octanol–water partition coefficient (Wildman–Crippen LogP) is 0.905. The van der Waals surface area contributed by atoms with Gasteiger partial charge in [-0.2, -0.15) is 0 Å². The topological polar surface area (TPSA) is 96.0 Å². The van der Waals surface area contributed by atoms with Gasteiger partial charge in [0.05, 0.1) is 12.8 Å². The maximum absolute atomic E-state index is 12.4. The summed E-state index contributed by atoms with van der Waals surface area (Å²) in [7, 11) is 1.49. The quantitative estimate of drug-likeness (QED) is 0.610. The van der Waals surface area contributed by atoms with E-state index in [1.54, 1.807) is 12.1 Å². The van der Waals surface area contributed by atoms with Gasteiger partial charge < -0.3 is 10.1 Å². The Morgan fingerprint density at radius 1 is 1.20 bits per heavy atom. The molecule has 0 aromatic heterocycles. The summed E-state index contributed by atoms with van der Waals surface area (Å²) in [6.07, 6.45) is 2.12. The number of imide groups is 2. The minimum Gasteiger partial charge on any atom is -0.497 e. The molecule has 8 nitrogen and oxygen atoms in total. The number of nitrogens with one attached hydrogen (secondary N) is 1. The van der Waals surface area contributed by atoms with Crippen LogP contribution in [-0.2, 0) is 14.4 Å². The molecule has 1 aliphatic heterocycles. The van der Waals surface area contributed by atoms with E-state index in [2.05, 4.69) is 5.32 Å². The molecule has 8 heteroatoms. The van der Waals surface area contributed by atoms with Gasteiger partial charge in [-0.3, -0.25) is 14.4 Å². The molecule has 1 aromatic rings. The molecule has 2 fully saturated rings. The molecule has 3 rings (SSSR count). The number of carbonyl (C=O) groups is 4. The lowest BCUT2D eigenvalue weighted by Gasteiger charge is -2.17. The zero-order chi connectivity index (χ0) is 18.1. The molecule has 0 radical (unpaired) electrons. The first-order valence-electron chi connectivity index (χ1n) is 8.05. The Morgan fingerprint density at radius 3 is 2.40 bits per heavy atom. The van der Waals surface area contributed by atoms with Crippen LogP contribution in [0.4, 0.5) is 10.5 Å². The summed E-state index contributed by atoms with van der Waals surface area (Å²) in [5.41, 5.74) is 0.249. The van der Waals surface area contributed by atoms with Crippen LogP contribution in [0.1, 0.15) is 19.8 Å². The lowest BCUT2D eigenvalue weighted by molar-refractivity contribution is -0.140. The van der Waals surface area contributed by atoms with Crippen molar-refractivity contribution in [1.82, 2.24) is 10.2 Å². The third-order valence-corrected chi connectivity index (χ3v) is 4.40. The summed E-state index contributed by atoms with van der Waals surface area (Å²) in [4.78, 5) is 50.2. The molecule has 2 aliphatic rings. The van der Waals surface area contributed by atoms with E-state index in [9.17, 15) is 19.2 Å². The van der Waals surface area contributed by atoms with E-state index in [1.165, 1.54) is 19.2 Å². The number of carbonyl (C=O) groups excluding carboxylic acids is 4. The van der Waals surface area contributed by atoms with E-state index in [1.807, 2.05) is 6.92 Å². The zero-order valence-electron chi connectivity index (χ0n) is 14.0. The maximum atomic E-state index is 12.4. The van der Waals surface area contributed by atoms with E-state index < -0.39 is 30.3 Å². The second-order valence-corrected chi connectivity index (χ2v) is 6.21. The largest absolute Gasteiger partial charge is 0.497 e. The second kappa shape index (κ2) is 6.54. The van der Waals surface area contributed by atoms with E-state index in [0.717, 1.165) is 17.7 Å². The summed E-state index contributed by atoms with van der Waals surface area (Å²) >= 11 is 0. The number of benzene rings is 1. The number of anilines is 1. The molecule has 1 heterocycles. The Bertz CT molecular complexity index is 726. The Labute approximate surface area is 144 Å². The van der Waals surface area contributed by atoms with Gasteiger partial charge in [0.1, 0.15) is 12.3 Å². The minimum absolute atomic E-state index is 0.00583. The van der Waals surface area contributed by atoms with E-state index in [4.69, 9.17) is 4.74 Å². The molecule has 132 valence electrons. The molecule has 0 bridgehead atoms. The fourth-order valence-electron chi connectivity index (χ4n) is 2.76. The first-order valence-corrected chi connectivity index (χ1v) is 8.05. The standard InChI is InChI=1S/C17H19N3O5/c1-10(11-3-4-11)18-14(21)9-19-15(22)16(23)20(17(19)24)12-5-7-13(25-2)8-6-12/h5-8,10-11H,3-4,9H2,1-2H3,(H,18,21)/t10-/m0/s1. The molecule has 25 heavy (non-hydrogen) atoms. The van der Waals surface area contributed by atoms with Crippen LogP contribution in [-0.4, -0.2) is 48.3 Å². The molecule has 1 aromatic carbocycles. The van der Waals surface area contributed by atoms with Crippen molar-refractivity contribution in [3.05, 3.63) is 24.3 Å². The summed E-state index contributed by atoms with van der Waals surface area (Å²) < 4.78 is 5.02. The lowest BCUT2D eigenvalue weighted by Crippen LogP contribution is -2.44. The van der Waals surface area contributed by atoms with Crippen LogP contribution in [0.25, 0.3) is 0 Å². The number of methoxy groups -OCH3 is 1. The number of amides is 5. The summed E-state index contributed by atoms with van der Waals surface area (Å²) in [6.45, 7) is 1.42. The molecular weight excluding hydrogens is 326 g/mol. The smallest absolute Gasteiger partial charge is 0.339 e. The van der Waals surface area contributed by atoms with Crippen LogP contribution in [0, 0.1) is 5.92 Å². The minimum atomic E-state index is -1.00. The zero-order valence-corrected chi connectivity index (χ0v) is 14.0. The van der Waals surface area contributed by atoms with Crippen molar-refractivity contribution in [2.45, 2.75) is 25.8 Å². The van der Waals surface area contributed by atoms with E-state index in [0.29, 0.717) is 16.6 Å². The highest BCUT2D eigenvalue weighted by atomic mass is 16.5. The number of urea groups is 1. The summed E-state index contributed by atoms with van der Waals surface area (Å²) in [5.74, 6) is -1.43. The van der Waals surface area contributed by atoms with Crippen molar-refractivity contribution in [2.75, 3.05) is 18.6 Å². The number of hydrogen-bond donors (Lipinski definition) is 1. The molecule has 1 N–H and O–H groups in total. The summed E-state index contributed by atoms with van der Waals surface area (Å²) in [5, 5.41) is 2.76. The average Bonchev–Trinajstić information content (AvgIpc) is 3.42. The summed E-state index contributed by atoms with van der Waals surface area (Å²) in [6, 6.07) is 5.32. The predicted molar refractivity (Wildman–Crippen MR) is 87.9 cm³/mol. The van der Waals surface area contributed by atoms with Crippen molar-refractivity contribution < 1.29 is 23.9 Å². The van der Waals surface area contributed by atoms with Crippen molar-refractivity contribution >= 4 is 29.4 Å². The monoisotopic (exact) mass is 345 g/mol. The van der Waals surface area contributed by atoms with Crippen LogP contribution in [0.5, 0.6) is 5.75 Å². The number of hydrogen-bond acceptors (Lipinski definition) is 5. The van der Waals surface area contributed by atoms with Gasteiger partial charge in [0.15, 0.2) is 0 Å². The molecule has 1 aliphatic carbocycles. The fraction of sp³-hybridized carbons (Fsp3) is 0.412. The lowest BCUT2D eigenvalue weighted by atomic mass is 10.2. The van der Waals surface area contributed by atoms with E-state index in [-0.39, 0.29) is 11.7 Å². The first-order chi connectivity index (χ1) is 11.9. The van der Waals surface area contributed by atoms with Crippen LogP contribution in [0.3, 0.4) is 0 Å². The number of rotatable bonds is 6. The SMILES string of the molecule is COc1ccc(N2C(=O)C(=O)N(CC(=O)N[C@@H](C)C3CC3)C2=O)cc1. The highest BCUT2D eigenvalue weighted by Gasteiger charge is 2.46. The van der Waals surface area contributed by atoms with Gasteiger partial charge >= 0.3 is 17.8 Å². The second-order valence-electron chi connectivity index (χ2n) is 6.21. The van der Waals surface area contributed by atoms with Crippen LogP contribution in [0.15, 0.2) is 24.3 Å². The Balaban J connectivity index is 1.71. The van der Waals surface area contributed by atoms with Gasteiger partial charge in [-0.15, -0.1) is 0 Å². The van der Waals surface area contributed by atoms with Gasteiger partial charge in [0.25, 0.3) is 0 Å². The Kier molecular flexibility index (Phi) is 4.43. The molecular formula is C17H19N3O5. The first kappa shape index (κ1) is 16.9. The normalized spacial score (nSPS) is 18.6. The van der Waals surface area contributed by atoms with Crippen LogP contribution < -0.4 is 15.0 Å². The molecule has 5 amide bonds. The van der Waals surface area contributed by atoms with Gasteiger partial charge in [-0.1, -0.05) is 0 Å². The van der Waals surface area contributed by atoms with Crippen LogP contribution >= 0.6 is 0 Å². The van der Waals surface area contributed by atoms with E-state index >= 15 is 0 Å². The third kappa shape index (κ3) is 3.33. The van der Waals surface area contributed by atoms with Gasteiger partial charge in [-0.05, 0) is 49.9 Å². The van der Waals surface area contributed by atoms with Crippen molar-refractivity contribution in [3.8, 4) is 5.75 Å². The van der Waals surface area contributed by atoms with Crippen molar-refractivity contribution in [1.29, 1.82) is 0 Å². The average molecular weight is 345 g/mol. The molecule has 1 saturated carbocycles. The molecule has 1 saturated heterocycles. The van der Waals surface area contributed by atoms with Gasteiger partial charge in [0, 0.05) is 6.04 Å². The van der Waals surface area contributed by atoms with Crippen molar-refractivity contribution in [3.63, 3.8) is 0 Å². The molecule has 0 unspecified atom stereocenters. The molecule has 0 spiro atoms. The number of nitrogens with zero attached hydrogens (tertiary/aromatic N) is 2. The van der Waals surface area contributed by atoms with Crippen molar-refractivity contribution in [2.24, 2.45) is 5.92 Å². The molecule has 1 atom stereocenters. The fourth-order valence-corrected chi connectivity index (χ4v) is 2.76. The maximum Gasteiger partial charge on any atom is 0.339 e. The highest BCUT2D eigenvalue weighted by Crippen LogP contribution is 2.32. The van der Waals surface area contributed by atoms with Gasteiger partial charge in [0.2, 0.25) is 5.91 Å². The Hall–Kier alpha value is -2.90.